The Balaban J connectivity index is 2.28. The van der Waals surface area contributed by atoms with Gasteiger partial charge in [0.15, 0.2) is 6.29 Å². The van der Waals surface area contributed by atoms with Gasteiger partial charge in [-0.15, -0.1) is 0 Å². The Morgan fingerprint density at radius 2 is 1.94 bits per heavy atom. The summed E-state index contributed by atoms with van der Waals surface area (Å²) in [5, 5.41) is 0. The van der Waals surface area contributed by atoms with Gasteiger partial charge < -0.3 is 9.47 Å². The average Bonchev–Trinajstić information content (AvgIpc) is 2.34. The van der Waals surface area contributed by atoms with Crippen molar-refractivity contribution in [1.29, 1.82) is 0 Å². The Kier molecular flexibility index (Phi) is 6.40. The molecule has 3 nitrogen and oxygen atoms in total. The molecule has 96 valence electrons. The van der Waals surface area contributed by atoms with Gasteiger partial charge in [0.2, 0.25) is 0 Å². The van der Waals surface area contributed by atoms with Gasteiger partial charge in [-0.05, 0) is 32.4 Å². The van der Waals surface area contributed by atoms with E-state index in [4.69, 9.17) is 9.47 Å². The molecule has 2 unspecified atom stereocenters. The molecule has 0 aliphatic heterocycles. The van der Waals surface area contributed by atoms with E-state index in [1.165, 1.54) is 5.56 Å². The first-order valence-corrected chi connectivity index (χ1v) is 7.05. The van der Waals surface area contributed by atoms with Crippen LogP contribution in [0.2, 0.25) is 0 Å². The van der Waals surface area contributed by atoms with E-state index in [0.29, 0.717) is 12.4 Å². The first kappa shape index (κ1) is 14.4. The molecule has 0 N–H and O–H groups in total. The third kappa shape index (κ3) is 5.44. The van der Waals surface area contributed by atoms with Crippen molar-refractivity contribution < 1.29 is 13.7 Å². The Morgan fingerprint density at radius 1 is 1.29 bits per heavy atom. The van der Waals surface area contributed by atoms with Crippen molar-refractivity contribution in [3.8, 4) is 0 Å². The van der Waals surface area contributed by atoms with Crippen LogP contribution in [0.1, 0.15) is 18.9 Å². The number of aryl methyl sites for hydroxylation is 1. The molecule has 2 atom stereocenters. The summed E-state index contributed by atoms with van der Waals surface area (Å²) in [6.45, 7) is 4.44. The summed E-state index contributed by atoms with van der Waals surface area (Å²) < 4.78 is 22.2. The number of hydrogen-bond acceptors (Lipinski definition) is 3. The lowest BCUT2D eigenvalue weighted by Crippen LogP contribution is -2.12. The Labute approximate surface area is 106 Å². The van der Waals surface area contributed by atoms with Gasteiger partial charge in [0.25, 0.3) is 0 Å². The lowest BCUT2D eigenvalue weighted by Gasteiger charge is -2.10. The number of benzene rings is 1. The zero-order valence-electron chi connectivity index (χ0n) is 10.6. The quantitative estimate of drug-likeness (QED) is 0.555. The molecular formula is C13H20O3S. The van der Waals surface area contributed by atoms with Gasteiger partial charge in [0.05, 0.1) is 17.4 Å². The molecule has 1 aromatic carbocycles. The smallest absolute Gasteiger partial charge is 0.154 e. The molecule has 0 amide bonds. The lowest BCUT2D eigenvalue weighted by atomic mass is 10.2. The Hall–Kier alpha value is -0.710. The molecule has 0 aliphatic carbocycles. The first-order valence-electron chi connectivity index (χ1n) is 5.73. The zero-order valence-corrected chi connectivity index (χ0v) is 11.5. The third-order valence-electron chi connectivity index (χ3n) is 2.44. The summed E-state index contributed by atoms with van der Waals surface area (Å²) in [6, 6.07) is 7.81. The monoisotopic (exact) mass is 256 g/mol. The van der Waals surface area contributed by atoms with E-state index in [-0.39, 0.29) is 6.29 Å². The van der Waals surface area contributed by atoms with E-state index in [1.54, 1.807) is 7.11 Å². The molecule has 17 heavy (non-hydrogen) atoms. The van der Waals surface area contributed by atoms with E-state index in [0.717, 1.165) is 11.3 Å². The highest BCUT2D eigenvalue weighted by molar-refractivity contribution is 7.85. The third-order valence-corrected chi connectivity index (χ3v) is 3.90. The van der Waals surface area contributed by atoms with Gasteiger partial charge >= 0.3 is 0 Å². The van der Waals surface area contributed by atoms with Crippen molar-refractivity contribution in [3.05, 3.63) is 29.8 Å². The maximum absolute atomic E-state index is 11.9. The van der Waals surface area contributed by atoms with Crippen molar-refractivity contribution in [1.82, 2.24) is 0 Å². The number of ether oxygens (including phenoxy) is 2. The van der Waals surface area contributed by atoms with Gasteiger partial charge in [-0.2, -0.15) is 0 Å². The summed E-state index contributed by atoms with van der Waals surface area (Å²) in [4.78, 5) is 0.885. The number of methoxy groups -OCH3 is 1. The van der Waals surface area contributed by atoms with Crippen LogP contribution in [0.15, 0.2) is 29.2 Å². The highest BCUT2D eigenvalue weighted by atomic mass is 32.2. The van der Waals surface area contributed by atoms with Crippen LogP contribution in [-0.4, -0.2) is 30.0 Å². The summed E-state index contributed by atoms with van der Waals surface area (Å²) in [5.41, 5.74) is 1.18. The molecule has 0 aromatic heterocycles. The molecular weight excluding hydrogens is 236 g/mol. The molecule has 0 bridgehead atoms. The minimum Gasteiger partial charge on any atom is -0.356 e. The predicted octanol–water partition coefficient (Wildman–Crippen LogP) is 2.50. The lowest BCUT2D eigenvalue weighted by molar-refractivity contribution is -0.110. The van der Waals surface area contributed by atoms with Crippen LogP contribution in [0.4, 0.5) is 0 Å². The van der Waals surface area contributed by atoms with E-state index in [1.807, 2.05) is 38.1 Å². The second kappa shape index (κ2) is 7.58. The van der Waals surface area contributed by atoms with Crippen molar-refractivity contribution in [2.75, 3.05) is 19.5 Å². The fourth-order valence-corrected chi connectivity index (χ4v) is 2.37. The summed E-state index contributed by atoms with van der Waals surface area (Å²) in [6.07, 6.45) is 0.580. The molecule has 0 spiro atoms. The molecule has 0 heterocycles. The maximum atomic E-state index is 11.9. The molecule has 1 aromatic rings. The molecule has 0 radical (unpaired) electrons. The van der Waals surface area contributed by atoms with Crippen molar-refractivity contribution in [2.24, 2.45) is 0 Å². The summed E-state index contributed by atoms with van der Waals surface area (Å²) in [7, 11) is 0.677. The number of hydrogen-bond donors (Lipinski definition) is 0. The highest BCUT2D eigenvalue weighted by Crippen LogP contribution is 2.09. The van der Waals surface area contributed by atoms with Crippen molar-refractivity contribution >= 4 is 10.8 Å². The van der Waals surface area contributed by atoms with E-state index in [9.17, 15) is 4.21 Å². The van der Waals surface area contributed by atoms with Crippen molar-refractivity contribution in [2.45, 2.75) is 31.5 Å². The molecule has 0 fully saturated rings. The van der Waals surface area contributed by atoms with Crippen LogP contribution in [0.25, 0.3) is 0 Å². The minimum atomic E-state index is -0.929. The van der Waals surface area contributed by atoms with Gasteiger partial charge in [-0.25, -0.2) is 0 Å². The van der Waals surface area contributed by atoms with Gasteiger partial charge in [0.1, 0.15) is 0 Å². The SMILES string of the molecule is COC(C)OCCCS(=O)c1ccc(C)cc1. The van der Waals surface area contributed by atoms with Gasteiger partial charge in [0, 0.05) is 17.8 Å². The van der Waals surface area contributed by atoms with Crippen LogP contribution >= 0.6 is 0 Å². The van der Waals surface area contributed by atoms with E-state index >= 15 is 0 Å². The molecule has 0 saturated carbocycles. The standard InChI is InChI=1S/C13H20O3S/c1-11-5-7-13(8-6-11)17(14)10-4-9-16-12(2)15-3/h5-8,12H,4,9-10H2,1-3H3. The second-order valence-electron chi connectivity index (χ2n) is 3.89. The maximum Gasteiger partial charge on any atom is 0.154 e. The van der Waals surface area contributed by atoms with Crippen LogP contribution in [0.3, 0.4) is 0 Å². The normalized spacial score (nSPS) is 14.5. The average molecular weight is 256 g/mol. The molecule has 0 saturated heterocycles. The van der Waals surface area contributed by atoms with Crippen LogP contribution in [0.5, 0.6) is 0 Å². The second-order valence-corrected chi connectivity index (χ2v) is 5.46. The molecule has 0 aliphatic rings. The summed E-state index contributed by atoms with van der Waals surface area (Å²) >= 11 is 0. The molecule has 4 heteroatoms. The van der Waals surface area contributed by atoms with Crippen LogP contribution in [-0.2, 0) is 20.3 Å². The zero-order chi connectivity index (χ0) is 12.7. The Bertz CT molecular complexity index is 348. The van der Waals surface area contributed by atoms with Gasteiger partial charge in [-0.3, -0.25) is 4.21 Å². The van der Waals surface area contributed by atoms with E-state index < -0.39 is 10.8 Å². The highest BCUT2D eigenvalue weighted by Gasteiger charge is 2.04. The van der Waals surface area contributed by atoms with Gasteiger partial charge in [-0.1, -0.05) is 17.7 Å². The fraction of sp³-hybridized carbons (Fsp3) is 0.538. The topological polar surface area (TPSA) is 35.5 Å². The summed E-state index contributed by atoms with van der Waals surface area (Å²) in [5.74, 6) is 0.624. The van der Waals surface area contributed by atoms with E-state index in [2.05, 4.69) is 0 Å². The largest absolute Gasteiger partial charge is 0.356 e. The fourth-order valence-electron chi connectivity index (χ4n) is 1.32. The Morgan fingerprint density at radius 3 is 2.53 bits per heavy atom. The van der Waals surface area contributed by atoms with Crippen LogP contribution < -0.4 is 0 Å². The molecule has 1 rings (SSSR count). The first-order chi connectivity index (χ1) is 8.13. The number of rotatable bonds is 7. The van der Waals surface area contributed by atoms with Crippen molar-refractivity contribution in [3.63, 3.8) is 0 Å². The van der Waals surface area contributed by atoms with Crippen LogP contribution in [0, 0.1) is 6.92 Å². The predicted molar refractivity (Wildman–Crippen MR) is 69.5 cm³/mol. The minimum absolute atomic E-state index is 0.192.